The molecule has 1 amide bonds. The Morgan fingerprint density at radius 1 is 1.07 bits per heavy atom. The van der Waals surface area contributed by atoms with Gasteiger partial charge < -0.3 is 14.7 Å². The van der Waals surface area contributed by atoms with Crippen LogP contribution in [-0.4, -0.2) is 43.9 Å². The highest BCUT2D eigenvalue weighted by Gasteiger charge is 2.42. The van der Waals surface area contributed by atoms with E-state index in [9.17, 15) is 18.3 Å². The molecule has 0 radical (unpaired) electrons. The van der Waals surface area contributed by atoms with Crippen molar-refractivity contribution >= 4 is 33.2 Å². The Morgan fingerprint density at radius 3 is 2.61 bits per heavy atom. The maximum Gasteiger partial charge on any atom is 0.264 e. The summed E-state index contributed by atoms with van der Waals surface area (Å²) in [5.41, 5.74) is 3.30. The lowest BCUT2D eigenvalue weighted by atomic mass is 9.63. The molecule has 0 saturated heterocycles. The molecule has 2 aromatic rings. The van der Waals surface area contributed by atoms with Gasteiger partial charge in [-0.3, -0.25) is 4.79 Å². The second-order valence-electron chi connectivity index (χ2n) is 13.6. The quantitative estimate of drug-likeness (QED) is 0.351. The molecule has 2 aliphatic heterocycles. The first-order valence-electron chi connectivity index (χ1n) is 16.1. The molecule has 5 rings (SSSR count). The van der Waals surface area contributed by atoms with Crippen LogP contribution in [0.25, 0.3) is 0 Å². The minimum atomic E-state index is -3.97. The Kier molecular flexibility index (Phi) is 10.3. The Hall–Kier alpha value is -2.55. The number of amides is 1. The third-order valence-corrected chi connectivity index (χ3v) is 12.0. The Balaban J connectivity index is 1.56. The van der Waals surface area contributed by atoms with Crippen LogP contribution in [0.4, 0.5) is 5.69 Å². The number of rotatable bonds is 2. The van der Waals surface area contributed by atoms with Crippen LogP contribution in [0, 0.1) is 29.6 Å². The molecular weight excluding hydrogens is 596 g/mol. The van der Waals surface area contributed by atoms with Gasteiger partial charge in [-0.05, 0) is 110 Å². The molecule has 1 unspecified atom stereocenters. The van der Waals surface area contributed by atoms with Crippen LogP contribution < -0.4 is 14.4 Å². The van der Waals surface area contributed by atoms with E-state index in [2.05, 4.69) is 16.5 Å². The number of ether oxygens (including phenoxy) is 1. The maximum atomic E-state index is 13.7. The van der Waals surface area contributed by atoms with Crippen molar-refractivity contribution in [3.8, 4) is 5.75 Å². The zero-order chi connectivity index (χ0) is 31.6. The molecule has 1 fully saturated rings. The fourth-order valence-corrected chi connectivity index (χ4v) is 9.25. The maximum absolute atomic E-state index is 13.7. The highest BCUT2D eigenvalue weighted by Crippen LogP contribution is 2.45. The van der Waals surface area contributed by atoms with Crippen LogP contribution in [0.2, 0.25) is 5.02 Å². The van der Waals surface area contributed by atoms with Gasteiger partial charge in [-0.2, -0.15) is 0 Å². The number of nitrogens with zero attached hydrogens (tertiary/aromatic N) is 1. The molecule has 0 aromatic heterocycles. The van der Waals surface area contributed by atoms with Gasteiger partial charge in [0.15, 0.2) is 0 Å². The monoisotopic (exact) mass is 642 g/mol. The second kappa shape index (κ2) is 13.8. The van der Waals surface area contributed by atoms with Gasteiger partial charge in [-0.25, -0.2) is 13.1 Å². The highest BCUT2D eigenvalue weighted by molar-refractivity contribution is 7.90. The molecule has 0 spiro atoms. The molecular formula is C35H47ClN2O5S. The average Bonchev–Trinajstić information content (AvgIpc) is 2.99. The fraction of sp³-hybridized carbons (Fsp3) is 0.571. The van der Waals surface area contributed by atoms with Crippen LogP contribution in [0.5, 0.6) is 5.75 Å². The van der Waals surface area contributed by atoms with Crippen molar-refractivity contribution in [1.82, 2.24) is 4.72 Å². The smallest absolute Gasteiger partial charge is 0.264 e. The molecule has 7 nitrogen and oxygen atoms in total. The van der Waals surface area contributed by atoms with Crippen LogP contribution in [0.1, 0.15) is 81.3 Å². The van der Waals surface area contributed by atoms with Crippen LogP contribution in [0.3, 0.4) is 0 Å². The zero-order valence-electron chi connectivity index (χ0n) is 26.3. The number of halogens is 1. The lowest BCUT2D eigenvalue weighted by Crippen LogP contribution is -2.48. The van der Waals surface area contributed by atoms with Gasteiger partial charge in [0.2, 0.25) is 10.0 Å². The van der Waals surface area contributed by atoms with E-state index in [-0.39, 0.29) is 29.2 Å². The van der Waals surface area contributed by atoms with E-state index >= 15 is 0 Å². The minimum Gasteiger partial charge on any atom is -0.487 e. The van der Waals surface area contributed by atoms with Crippen molar-refractivity contribution in [1.29, 1.82) is 0 Å². The third-order valence-electron chi connectivity index (χ3n) is 9.85. The number of carbonyl (C=O) groups excluding carboxylic acids is 1. The van der Waals surface area contributed by atoms with Crippen molar-refractivity contribution < 1.29 is 23.1 Å². The van der Waals surface area contributed by atoms with Crippen LogP contribution in [-0.2, 0) is 23.1 Å². The predicted octanol–water partition coefficient (Wildman–Crippen LogP) is 6.77. The number of carbonyl (C=O) groups is 1. The molecule has 240 valence electrons. The Bertz CT molecular complexity index is 1480. The molecule has 6 atom stereocenters. The number of hydrogen-bond donors (Lipinski definition) is 2. The topological polar surface area (TPSA) is 95.9 Å². The number of benzene rings is 2. The number of aliphatic hydroxyl groups excluding tert-OH is 1. The first kappa shape index (κ1) is 32.8. The molecule has 2 heterocycles. The molecule has 2 aromatic carbocycles. The number of allylic oxidation sites excluding steroid dienone is 1. The molecule has 44 heavy (non-hydrogen) atoms. The number of fused-ring (bicyclic) bond motifs is 3. The van der Waals surface area contributed by atoms with Crippen molar-refractivity contribution in [2.24, 2.45) is 29.6 Å². The van der Waals surface area contributed by atoms with Crippen LogP contribution in [0.15, 0.2) is 48.6 Å². The fourth-order valence-electron chi connectivity index (χ4n) is 7.17. The molecule has 2 N–H and O–H groups in total. The summed E-state index contributed by atoms with van der Waals surface area (Å²) in [6.45, 7) is 9.94. The standard InChI is InChI=1S/C35H47ClN2O5S/c1-22(2)16-34-23(3)8-7-10-32(39)29-17-24(4)30(29)20-38-15-6-5-9-25-18-28(36)13-11-27(25)21-43-33-14-12-26(19-31(33)38)35(40)37-44(34,41)42/h7,10-14,18-19,22-24,29-30,32,34,39H,5-6,8-9,15-17,20-21H2,1-4H3,(H,37,40)/b10-7+/t23-,24-,29-,30-,32+,34?/m1/s1. The van der Waals surface area contributed by atoms with Gasteiger partial charge in [0.25, 0.3) is 5.91 Å². The van der Waals surface area contributed by atoms with Gasteiger partial charge in [-0.15, -0.1) is 0 Å². The van der Waals surface area contributed by atoms with Gasteiger partial charge >= 0.3 is 0 Å². The number of anilines is 1. The third kappa shape index (κ3) is 7.45. The molecule has 1 saturated carbocycles. The summed E-state index contributed by atoms with van der Waals surface area (Å²) in [6.07, 6.45) is 7.82. The number of aliphatic hydroxyl groups is 1. The summed E-state index contributed by atoms with van der Waals surface area (Å²) >= 11 is 6.33. The van der Waals surface area contributed by atoms with Crippen molar-refractivity contribution in [3.05, 3.63) is 70.3 Å². The number of hydrogen-bond acceptors (Lipinski definition) is 6. The molecule has 2 bridgehead atoms. The first-order valence-corrected chi connectivity index (χ1v) is 18.0. The van der Waals surface area contributed by atoms with E-state index in [0.29, 0.717) is 42.7 Å². The predicted molar refractivity (Wildman–Crippen MR) is 177 cm³/mol. The lowest BCUT2D eigenvalue weighted by Gasteiger charge is -2.47. The SMILES string of the molecule is CC(C)CC1[C@H](C)C/C=C/[C@H](O)[C@@H]2C[C@@H](C)[C@H]2CN2CCCCc3cc(Cl)ccc3COc3ccc(cc32)C(=O)NS1(=O)=O. The molecule has 9 heteroatoms. The van der Waals surface area contributed by atoms with E-state index in [4.69, 9.17) is 16.3 Å². The molecule has 1 aliphatic carbocycles. The van der Waals surface area contributed by atoms with Gasteiger partial charge in [0.05, 0.1) is 17.0 Å². The largest absolute Gasteiger partial charge is 0.487 e. The normalized spacial score (nSPS) is 30.1. The van der Waals surface area contributed by atoms with E-state index in [1.54, 1.807) is 18.2 Å². The Labute approximate surface area is 268 Å². The van der Waals surface area contributed by atoms with Crippen molar-refractivity contribution in [3.63, 3.8) is 0 Å². The van der Waals surface area contributed by atoms with Gasteiger partial charge in [0.1, 0.15) is 12.4 Å². The van der Waals surface area contributed by atoms with Crippen LogP contribution >= 0.6 is 11.6 Å². The number of aryl methyl sites for hydroxylation is 1. The van der Waals surface area contributed by atoms with E-state index in [0.717, 1.165) is 43.5 Å². The minimum absolute atomic E-state index is 0.111. The summed E-state index contributed by atoms with van der Waals surface area (Å²) in [7, 11) is -3.97. The zero-order valence-corrected chi connectivity index (χ0v) is 27.9. The van der Waals surface area contributed by atoms with E-state index in [1.165, 1.54) is 5.56 Å². The summed E-state index contributed by atoms with van der Waals surface area (Å²) in [5.74, 6) is 0.734. The first-order chi connectivity index (χ1) is 20.9. The van der Waals surface area contributed by atoms with E-state index < -0.39 is 27.3 Å². The number of nitrogens with one attached hydrogen (secondary N) is 1. The summed E-state index contributed by atoms with van der Waals surface area (Å²) in [5, 5.41) is 11.2. The Morgan fingerprint density at radius 2 is 1.86 bits per heavy atom. The lowest BCUT2D eigenvalue weighted by molar-refractivity contribution is 0.0000144. The summed E-state index contributed by atoms with van der Waals surface area (Å²) in [4.78, 5) is 15.9. The average molecular weight is 643 g/mol. The summed E-state index contributed by atoms with van der Waals surface area (Å²) in [6, 6.07) is 11.1. The van der Waals surface area contributed by atoms with Gasteiger partial charge in [0, 0.05) is 23.7 Å². The van der Waals surface area contributed by atoms with Gasteiger partial charge in [-0.1, -0.05) is 57.5 Å². The highest BCUT2D eigenvalue weighted by atomic mass is 35.5. The van der Waals surface area contributed by atoms with Crippen molar-refractivity contribution in [2.75, 3.05) is 18.0 Å². The van der Waals surface area contributed by atoms with Crippen molar-refractivity contribution in [2.45, 2.75) is 84.2 Å². The number of sulfonamides is 1. The summed E-state index contributed by atoms with van der Waals surface area (Å²) < 4.78 is 36.2. The second-order valence-corrected chi connectivity index (χ2v) is 15.9. The van der Waals surface area contributed by atoms with E-state index in [1.807, 2.05) is 51.1 Å². The molecule has 3 aliphatic rings.